The number of hydrogen-bond acceptors (Lipinski definition) is 10. The summed E-state index contributed by atoms with van der Waals surface area (Å²) in [4.78, 5) is 42.3. The molecule has 210 valence electrons. The van der Waals surface area contributed by atoms with Crippen molar-refractivity contribution < 1.29 is 29.0 Å². The lowest BCUT2D eigenvalue weighted by atomic mass is 9.95. The first-order valence-corrected chi connectivity index (χ1v) is 13.4. The monoisotopic (exact) mass is 587 g/mol. The quantitative estimate of drug-likeness (QED) is 0.238. The highest BCUT2D eigenvalue weighted by atomic mass is 35.5. The van der Waals surface area contributed by atoms with Crippen LogP contribution in [0.3, 0.4) is 0 Å². The van der Waals surface area contributed by atoms with Crippen LogP contribution in [0.4, 0.5) is 5.69 Å². The van der Waals surface area contributed by atoms with Gasteiger partial charge in [-0.05, 0) is 57.5 Å². The van der Waals surface area contributed by atoms with Crippen molar-refractivity contribution in [3.63, 3.8) is 0 Å². The lowest BCUT2D eigenvalue weighted by Gasteiger charge is -2.25. The molecule has 1 aliphatic heterocycles. The second-order valence-corrected chi connectivity index (χ2v) is 10.4. The first-order chi connectivity index (χ1) is 19.0. The molecule has 0 saturated heterocycles. The summed E-state index contributed by atoms with van der Waals surface area (Å²) in [6.45, 7) is 7.20. The molecule has 2 heterocycles. The number of carbonyl (C=O) groups excluding carboxylic acids is 1. The lowest BCUT2D eigenvalue weighted by molar-refractivity contribution is -0.385. The number of nitro benzene ring substituents is 1. The van der Waals surface area contributed by atoms with Gasteiger partial charge in [-0.3, -0.25) is 19.5 Å². The van der Waals surface area contributed by atoms with Gasteiger partial charge in [-0.25, -0.2) is 9.79 Å². The Morgan fingerprint density at radius 1 is 1.30 bits per heavy atom. The number of benzene rings is 2. The van der Waals surface area contributed by atoms with Crippen LogP contribution in [0.25, 0.3) is 6.08 Å². The van der Waals surface area contributed by atoms with E-state index in [-0.39, 0.29) is 38.2 Å². The molecular weight excluding hydrogens is 562 g/mol. The number of phenols is 1. The van der Waals surface area contributed by atoms with E-state index < -0.39 is 33.9 Å². The Kier molecular flexibility index (Phi) is 8.31. The van der Waals surface area contributed by atoms with Gasteiger partial charge < -0.3 is 19.3 Å². The highest BCUT2D eigenvalue weighted by Crippen LogP contribution is 2.37. The molecule has 4 rings (SSSR count). The number of nitro groups is 1. The minimum absolute atomic E-state index is 0.0117. The fraction of sp³-hybridized carbons (Fsp3) is 0.296. The van der Waals surface area contributed by atoms with Crippen molar-refractivity contribution >= 4 is 40.7 Å². The zero-order valence-corrected chi connectivity index (χ0v) is 23.8. The van der Waals surface area contributed by atoms with Crippen molar-refractivity contribution in [2.75, 3.05) is 13.7 Å². The van der Waals surface area contributed by atoms with Gasteiger partial charge >= 0.3 is 11.7 Å². The smallest absolute Gasteiger partial charge is 0.338 e. The SMILES string of the molecule is CCOC(=O)C1=C(C)N=c2s/c(=C\c3cc(Cl)cc([N+](=O)[O-])c3O)c(=O)n2[C@H]1c1ccc(OC(C)C)c(OC)c1. The normalized spacial score (nSPS) is 15.1. The second kappa shape index (κ2) is 11.5. The summed E-state index contributed by atoms with van der Waals surface area (Å²) in [5, 5.41) is 21.8. The number of esters is 1. The molecule has 13 heteroatoms. The van der Waals surface area contributed by atoms with Gasteiger partial charge in [0.05, 0.1) is 46.6 Å². The molecule has 0 bridgehead atoms. The van der Waals surface area contributed by atoms with E-state index in [1.165, 1.54) is 23.8 Å². The van der Waals surface area contributed by atoms with Crippen LogP contribution >= 0.6 is 22.9 Å². The van der Waals surface area contributed by atoms with Gasteiger partial charge in [0.2, 0.25) is 5.75 Å². The van der Waals surface area contributed by atoms with Crippen molar-refractivity contribution in [1.29, 1.82) is 0 Å². The topological polar surface area (TPSA) is 142 Å². The van der Waals surface area contributed by atoms with E-state index in [4.69, 9.17) is 25.8 Å². The van der Waals surface area contributed by atoms with Crippen LogP contribution in [0.15, 0.2) is 51.4 Å². The molecule has 0 fully saturated rings. The van der Waals surface area contributed by atoms with Crippen molar-refractivity contribution in [2.45, 2.75) is 39.8 Å². The van der Waals surface area contributed by atoms with E-state index in [0.29, 0.717) is 22.8 Å². The molecule has 40 heavy (non-hydrogen) atoms. The molecule has 0 spiro atoms. The molecule has 0 radical (unpaired) electrons. The summed E-state index contributed by atoms with van der Waals surface area (Å²) in [6.07, 6.45) is 1.19. The zero-order chi connectivity index (χ0) is 29.3. The van der Waals surface area contributed by atoms with Gasteiger partial charge in [0.25, 0.3) is 5.56 Å². The third-order valence-electron chi connectivity index (χ3n) is 5.95. The first kappa shape index (κ1) is 28.8. The number of phenolic OH excluding ortho intramolecular Hbond substituents is 1. The summed E-state index contributed by atoms with van der Waals surface area (Å²) in [6, 6.07) is 6.51. The van der Waals surface area contributed by atoms with Gasteiger partial charge in [-0.2, -0.15) is 0 Å². The Hall–Kier alpha value is -4.16. The van der Waals surface area contributed by atoms with Gasteiger partial charge in [0.1, 0.15) is 0 Å². The van der Waals surface area contributed by atoms with Crippen molar-refractivity contribution in [3.05, 3.63) is 87.6 Å². The average molecular weight is 588 g/mol. The number of allylic oxidation sites excluding steroid dienone is 1. The number of halogens is 1. The summed E-state index contributed by atoms with van der Waals surface area (Å²) < 4.78 is 18.1. The molecule has 1 N–H and O–H groups in total. The summed E-state index contributed by atoms with van der Waals surface area (Å²) in [7, 11) is 1.49. The highest BCUT2D eigenvalue weighted by molar-refractivity contribution is 7.07. The predicted octanol–water partition coefficient (Wildman–Crippen LogP) is 3.86. The number of aromatic hydroxyl groups is 1. The maximum Gasteiger partial charge on any atom is 0.338 e. The van der Waals surface area contributed by atoms with Crippen molar-refractivity contribution in [3.8, 4) is 17.2 Å². The Morgan fingerprint density at radius 3 is 2.65 bits per heavy atom. The molecule has 0 amide bonds. The molecular formula is C27H26ClN3O8S. The molecule has 1 aromatic heterocycles. The first-order valence-electron chi connectivity index (χ1n) is 12.2. The van der Waals surface area contributed by atoms with Crippen LogP contribution in [-0.4, -0.2) is 40.4 Å². The third kappa shape index (κ3) is 5.45. The minimum atomic E-state index is -0.929. The fourth-order valence-corrected chi connectivity index (χ4v) is 5.57. The van der Waals surface area contributed by atoms with Gasteiger partial charge in [-0.15, -0.1) is 0 Å². The van der Waals surface area contributed by atoms with Gasteiger partial charge in [-0.1, -0.05) is 29.0 Å². The Balaban J connectivity index is 1.98. The number of thiazole rings is 1. The number of methoxy groups -OCH3 is 1. The van der Waals surface area contributed by atoms with E-state index in [9.17, 15) is 24.8 Å². The summed E-state index contributed by atoms with van der Waals surface area (Å²) in [5.41, 5.74) is -0.0776. The van der Waals surface area contributed by atoms with Crippen LogP contribution in [0.2, 0.25) is 5.02 Å². The standard InChI is InChI=1S/C27H26ClN3O8S/c1-6-38-26(34)22-14(4)29-27-30(23(22)15-7-8-19(39-13(2)3)20(10-15)37-5)25(33)21(40-27)11-16-9-17(28)12-18(24(16)32)31(35)36/h7-13,23,32H,6H2,1-5H3/b21-11-/t23-/m0/s1. The number of nitrogens with zero attached hydrogens (tertiary/aromatic N) is 3. The van der Waals surface area contributed by atoms with Crippen LogP contribution < -0.4 is 24.4 Å². The van der Waals surface area contributed by atoms with Crippen LogP contribution in [0.1, 0.15) is 44.9 Å². The Labute approximate surface area is 237 Å². The second-order valence-electron chi connectivity index (χ2n) is 9.00. The number of fused-ring (bicyclic) bond motifs is 1. The largest absolute Gasteiger partial charge is 0.502 e. The molecule has 0 saturated carbocycles. The van der Waals surface area contributed by atoms with E-state index in [1.807, 2.05) is 13.8 Å². The fourth-order valence-electron chi connectivity index (χ4n) is 4.31. The molecule has 1 atom stereocenters. The molecule has 3 aromatic rings. The number of carbonyl (C=O) groups is 1. The van der Waals surface area contributed by atoms with Crippen LogP contribution in [0, 0.1) is 10.1 Å². The summed E-state index contributed by atoms with van der Waals surface area (Å²) in [5.74, 6) is -0.370. The molecule has 2 aromatic carbocycles. The molecule has 0 aliphatic carbocycles. The number of aromatic nitrogens is 1. The number of ether oxygens (including phenoxy) is 3. The van der Waals surface area contributed by atoms with Crippen molar-refractivity contribution in [1.82, 2.24) is 4.57 Å². The number of rotatable bonds is 8. The zero-order valence-electron chi connectivity index (χ0n) is 22.3. The maximum atomic E-state index is 13.8. The molecule has 11 nitrogen and oxygen atoms in total. The van der Waals surface area contributed by atoms with E-state index in [2.05, 4.69) is 4.99 Å². The highest BCUT2D eigenvalue weighted by Gasteiger charge is 2.34. The van der Waals surface area contributed by atoms with E-state index >= 15 is 0 Å². The molecule has 0 unspecified atom stereocenters. The Morgan fingerprint density at radius 2 is 2.02 bits per heavy atom. The Bertz CT molecular complexity index is 1720. The van der Waals surface area contributed by atoms with Crippen LogP contribution in [-0.2, 0) is 9.53 Å². The molecule has 1 aliphatic rings. The van der Waals surface area contributed by atoms with Crippen molar-refractivity contribution in [2.24, 2.45) is 4.99 Å². The van der Waals surface area contributed by atoms with Gasteiger partial charge in [0.15, 0.2) is 16.3 Å². The third-order valence-corrected chi connectivity index (χ3v) is 7.15. The summed E-state index contributed by atoms with van der Waals surface area (Å²) >= 11 is 7.04. The lowest BCUT2D eigenvalue weighted by Crippen LogP contribution is -2.40. The predicted molar refractivity (Wildman–Crippen MR) is 149 cm³/mol. The van der Waals surface area contributed by atoms with Crippen LogP contribution in [0.5, 0.6) is 17.2 Å². The average Bonchev–Trinajstić information content (AvgIpc) is 3.19. The van der Waals surface area contributed by atoms with Gasteiger partial charge in [0, 0.05) is 16.7 Å². The maximum absolute atomic E-state index is 13.8. The van der Waals surface area contributed by atoms with E-state index in [0.717, 1.165) is 17.4 Å². The number of hydrogen-bond donors (Lipinski definition) is 1. The minimum Gasteiger partial charge on any atom is -0.502 e. The van der Waals surface area contributed by atoms with E-state index in [1.54, 1.807) is 32.0 Å².